The Kier molecular flexibility index (Phi) is 4.31. The van der Waals surface area contributed by atoms with Gasteiger partial charge in [0.15, 0.2) is 5.65 Å². The van der Waals surface area contributed by atoms with E-state index in [-0.39, 0.29) is 5.56 Å². The van der Waals surface area contributed by atoms with Crippen LogP contribution < -0.4 is 10.6 Å². The fourth-order valence-corrected chi connectivity index (χ4v) is 3.56. The van der Waals surface area contributed by atoms with Crippen LogP contribution in [0.4, 0.5) is 10.1 Å². The molecule has 1 fully saturated rings. The molecule has 0 saturated carbocycles. The van der Waals surface area contributed by atoms with Gasteiger partial charge in [0.25, 0.3) is 5.91 Å². The first-order chi connectivity index (χ1) is 12.9. The number of nitrogens with zero attached hydrogens (tertiary/aromatic N) is 3. The number of ether oxygens (including phenoxy) is 1. The lowest BCUT2D eigenvalue weighted by Crippen LogP contribution is -2.36. The number of primary amides is 1. The van der Waals surface area contributed by atoms with Gasteiger partial charge in [0.1, 0.15) is 5.82 Å². The summed E-state index contributed by atoms with van der Waals surface area (Å²) in [6.45, 7) is 6.65. The van der Waals surface area contributed by atoms with Gasteiger partial charge in [-0.25, -0.2) is 9.37 Å². The van der Waals surface area contributed by atoms with Crippen LogP contribution in [0.2, 0.25) is 0 Å². The van der Waals surface area contributed by atoms with Crippen molar-refractivity contribution in [1.29, 1.82) is 0 Å². The van der Waals surface area contributed by atoms with E-state index in [9.17, 15) is 9.18 Å². The van der Waals surface area contributed by atoms with Crippen LogP contribution in [0.5, 0.6) is 0 Å². The number of imidazole rings is 1. The molecule has 1 amide bonds. The number of anilines is 1. The van der Waals surface area contributed by atoms with Crippen LogP contribution in [0, 0.1) is 19.7 Å². The maximum absolute atomic E-state index is 14.1. The highest BCUT2D eigenvalue weighted by molar-refractivity contribution is 5.95. The van der Waals surface area contributed by atoms with Crippen LogP contribution >= 0.6 is 0 Å². The average molecular weight is 368 g/mol. The predicted molar refractivity (Wildman–Crippen MR) is 102 cm³/mol. The molecule has 0 atom stereocenters. The third kappa shape index (κ3) is 3.14. The highest BCUT2D eigenvalue weighted by Gasteiger charge is 2.19. The Hall–Kier alpha value is -2.93. The SMILES string of the molecule is Cc1cn2cc(-c3cc(C(N)=O)c(F)cc3C)cc(N3CCOCC3)c2n1. The molecule has 2 N–H and O–H groups in total. The Morgan fingerprint density at radius 1 is 1.19 bits per heavy atom. The number of fused-ring (bicyclic) bond motifs is 1. The fraction of sp³-hybridized carbons (Fsp3) is 0.300. The van der Waals surface area contributed by atoms with E-state index in [1.807, 2.05) is 36.7 Å². The van der Waals surface area contributed by atoms with E-state index in [1.54, 1.807) is 0 Å². The number of amides is 1. The number of benzene rings is 1. The molecule has 6 nitrogen and oxygen atoms in total. The Labute approximate surface area is 156 Å². The second kappa shape index (κ2) is 6.66. The Morgan fingerprint density at radius 2 is 1.93 bits per heavy atom. The van der Waals surface area contributed by atoms with Crippen molar-refractivity contribution in [2.24, 2.45) is 5.73 Å². The fourth-order valence-electron chi connectivity index (χ4n) is 3.56. The molecule has 1 aliphatic rings. The minimum Gasteiger partial charge on any atom is -0.378 e. The molecule has 0 bridgehead atoms. The molecular formula is C20H21FN4O2. The Bertz CT molecular complexity index is 1040. The van der Waals surface area contributed by atoms with E-state index in [4.69, 9.17) is 10.5 Å². The number of aromatic nitrogens is 2. The van der Waals surface area contributed by atoms with Gasteiger partial charge in [-0.2, -0.15) is 0 Å². The summed E-state index contributed by atoms with van der Waals surface area (Å²) < 4.78 is 21.5. The van der Waals surface area contributed by atoms with Crippen molar-refractivity contribution in [3.8, 4) is 11.1 Å². The summed E-state index contributed by atoms with van der Waals surface area (Å²) in [5.41, 5.74) is 10.4. The number of aryl methyl sites for hydroxylation is 2. The number of hydrogen-bond donors (Lipinski definition) is 1. The van der Waals surface area contributed by atoms with E-state index in [0.717, 1.165) is 46.8 Å². The standard InChI is InChI=1S/C20H21FN4O2/c1-12-7-17(21)16(19(22)26)9-15(12)14-8-18(24-3-5-27-6-4-24)20-23-13(2)10-25(20)11-14/h7-11H,3-6H2,1-2H3,(H2,22,26). The summed E-state index contributed by atoms with van der Waals surface area (Å²) in [5.74, 6) is -1.38. The third-order valence-electron chi connectivity index (χ3n) is 4.89. The predicted octanol–water partition coefficient (Wildman–Crippen LogP) is 2.69. The van der Waals surface area contributed by atoms with Crippen LogP contribution in [0.3, 0.4) is 0 Å². The normalized spacial score (nSPS) is 14.7. The molecule has 1 saturated heterocycles. The molecule has 3 heterocycles. The molecule has 1 aromatic carbocycles. The van der Waals surface area contributed by atoms with Gasteiger partial charge in [-0.05, 0) is 43.2 Å². The molecule has 3 aromatic rings. The third-order valence-corrected chi connectivity index (χ3v) is 4.89. The van der Waals surface area contributed by atoms with Gasteiger partial charge >= 0.3 is 0 Å². The summed E-state index contributed by atoms with van der Waals surface area (Å²) >= 11 is 0. The zero-order valence-corrected chi connectivity index (χ0v) is 15.3. The molecule has 27 heavy (non-hydrogen) atoms. The number of carbonyl (C=O) groups is 1. The van der Waals surface area contributed by atoms with E-state index in [0.29, 0.717) is 13.2 Å². The number of halogens is 1. The molecule has 0 unspecified atom stereocenters. The maximum atomic E-state index is 14.1. The summed E-state index contributed by atoms with van der Waals surface area (Å²) in [6.07, 6.45) is 3.90. The lowest BCUT2D eigenvalue weighted by atomic mass is 9.98. The molecule has 7 heteroatoms. The monoisotopic (exact) mass is 368 g/mol. The van der Waals surface area contributed by atoms with Gasteiger partial charge in [0, 0.05) is 31.0 Å². The molecule has 0 aliphatic carbocycles. The summed E-state index contributed by atoms with van der Waals surface area (Å²) in [6, 6.07) is 4.92. The Balaban J connectivity index is 1.92. The Morgan fingerprint density at radius 3 is 2.63 bits per heavy atom. The van der Waals surface area contributed by atoms with Crippen molar-refractivity contribution in [3.05, 3.63) is 53.2 Å². The molecule has 4 rings (SSSR count). The lowest BCUT2D eigenvalue weighted by Gasteiger charge is -2.29. The van der Waals surface area contributed by atoms with Crippen molar-refractivity contribution in [1.82, 2.24) is 9.38 Å². The average Bonchev–Trinajstić information content (AvgIpc) is 3.01. The van der Waals surface area contributed by atoms with Crippen molar-refractivity contribution < 1.29 is 13.9 Å². The quantitative estimate of drug-likeness (QED) is 0.771. The highest BCUT2D eigenvalue weighted by atomic mass is 19.1. The largest absolute Gasteiger partial charge is 0.378 e. The van der Waals surface area contributed by atoms with Gasteiger partial charge in [0.05, 0.1) is 30.2 Å². The smallest absolute Gasteiger partial charge is 0.251 e. The number of morpholine rings is 1. The highest BCUT2D eigenvalue weighted by Crippen LogP contribution is 2.32. The summed E-state index contributed by atoms with van der Waals surface area (Å²) in [4.78, 5) is 18.5. The first-order valence-corrected chi connectivity index (χ1v) is 8.86. The molecule has 0 spiro atoms. The van der Waals surface area contributed by atoms with Crippen molar-refractivity contribution in [2.75, 3.05) is 31.2 Å². The topological polar surface area (TPSA) is 72.9 Å². The zero-order valence-electron chi connectivity index (χ0n) is 15.3. The first-order valence-electron chi connectivity index (χ1n) is 8.86. The molecular weight excluding hydrogens is 347 g/mol. The minimum absolute atomic E-state index is 0.106. The molecule has 1 aliphatic heterocycles. The van der Waals surface area contributed by atoms with Crippen molar-refractivity contribution in [2.45, 2.75) is 13.8 Å². The number of hydrogen-bond acceptors (Lipinski definition) is 4. The van der Waals surface area contributed by atoms with Gasteiger partial charge in [0.2, 0.25) is 0 Å². The minimum atomic E-state index is -0.776. The van der Waals surface area contributed by atoms with Crippen LogP contribution in [0.1, 0.15) is 21.6 Å². The van der Waals surface area contributed by atoms with E-state index in [1.165, 1.54) is 12.1 Å². The number of pyridine rings is 1. The van der Waals surface area contributed by atoms with Crippen LogP contribution in [-0.2, 0) is 4.74 Å². The first kappa shape index (κ1) is 17.5. The summed E-state index contributed by atoms with van der Waals surface area (Å²) in [5, 5.41) is 0. The number of nitrogens with two attached hydrogens (primary N) is 1. The lowest BCUT2D eigenvalue weighted by molar-refractivity contribution is 0.0996. The van der Waals surface area contributed by atoms with E-state index in [2.05, 4.69) is 9.88 Å². The van der Waals surface area contributed by atoms with E-state index < -0.39 is 11.7 Å². The second-order valence-electron chi connectivity index (χ2n) is 6.84. The van der Waals surface area contributed by atoms with Gasteiger partial charge in [-0.3, -0.25) is 4.79 Å². The van der Waals surface area contributed by atoms with Crippen LogP contribution in [0.25, 0.3) is 16.8 Å². The van der Waals surface area contributed by atoms with Crippen LogP contribution in [-0.4, -0.2) is 41.6 Å². The van der Waals surface area contributed by atoms with Crippen molar-refractivity contribution in [3.63, 3.8) is 0 Å². The summed E-state index contributed by atoms with van der Waals surface area (Å²) in [7, 11) is 0. The number of rotatable bonds is 3. The van der Waals surface area contributed by atoms with Gasteiger partial charge in [-0.1, -0.05) is 0 Å². The van der Waals surface area contributed by atoms with Crippen molar-refractivity contribution >= 4 is 17.2 Å². The van der Waals surface area contributed by atoms with Crippen LogP contribution in [0.15, 0.2) is 30.6 Å². The number of carbonyl (C=O) groups excluding carboxylic acids is 1. The van der Waals surface area contributed by atoms with Gasteiger partial charge in [-0.15, -0.1) is 0 Å². The van der Waals surface area contributed by atoms with Gasteiger partial charge < -0.3 is 19.8 Å². The molecule has 2 aromatic heterocycles. The van der Waals surface area contributed by atoms with E-state index >= 15 is 0 Å². The zero-order chi connectivity index (χ0) is 19.1. The molecule has 0 radical (unpaired) electrons. The second-order valence-corrected chi connectivity index (χ2v) is 6.84. The molecule has 140 valence electrons. The maximum Gasteiger partial charge on any atom is 0.251 e.